The Morgan fingerprint density at radius 1 is 1.00 bits per heavy atom. The third-order valence-corrected chi connectivity index (χ3v) is 3.01. The highest BCUT2D eigenvalue weighted by atomic mass is 35.5. The molecule has 0 fully saturated rings. The van der Waals surface area contributed by atoms with Crippen LogP contribution in [0.5, 0.6) is 0 Å². The van der Waals surface area contributed by atoms with Gasteiger partial charge in [0.05, 0.1) is 6.10 Å². The van der Waals surface area contributed by atoms with Crippen LogP contribution in [0, 0.1) is 17.5 Å². The molecule has 1 unspecified atom stereocenters. The number of hydrogen-bond acceptors (Lipinski definition) is 1. The molecule has 19 heavy (non-hydrogen) atoms. The molecule has 0 heterocycles. The van der Waals surface area contributed by atoms with E-state index in [1.807, 2.05) is 0 Å². The van der Waals surface area contributed by atoms with Crippen LogP contribution in [0.1, 0.15) is 17.2 Å². The summed E-state index contributed by atoms with van der Waals surface area (Å²) in [6, 6.07) is 7.05. The van der Waals surface area contributed by atoms with Gasteiger partial charge >= 0.3 is 0 Å². The summed E-state index contributed by atoms with van der Waals surface area (Å²) in [6.45, 7) is 0. The lowest BCUT2D eigenvalue weighted by Crippen LogP contribution is -2.07. The fourth-order valence-corrected chi connectivity index (χ4v) is 1.98. The van der Waals surface area contributed by atoms with E-state index >= 15 is 0 Å². The predicted octanol–water partition coefficient (Wildman–Crippen LogP) is 4.03. The molecule has 0 bridgehead atoms. The second-order valence-electron chi connectivity index (χ2n) is 4.09. The van der Waals surface area contributed by atoms with Gasteiger partial charge in [-0.3, -0.25) is 0 Å². The minimum Gasteiger partial charge on any atom is -0.388 e. The van der Waals surface area contributed by atoms with E-state index in [0.717, 1.165) is 18.2 Å². The van der Waals surface area contributed by atoms with Crippen molar-refractivity contribution in [2.75, 3.05) is 0 Å². The molecule has 0 radical (unpaired) electrons. The Labute approximate surface area is 113 Å². The van der Waals surface area contributed by atoms with E-state index in [2.05, 4.69) is 0 Å². The van der Waals surface area contributed by atoms with Gasteiger partial charge in [-0.1, -0.05) is 17.7 Å². The van der Waals surface area contributed by atoms with Gasteiger partial charge in [0.15, 0.2) is 0 Å². The summed E-state index contributed by atoms with van der Waals surface area (Å²) in [5.41, 5.74) is -0.371. The first kappa shape index (κ1) is 13.9. The molecule has 1 N–H and O–H groups in total. The Kier molecular flexibility index (Phi) is 4.12. The Balaban J connectivity index is 2.31. The molecule has 0 aromatic heterocycles. The largest absolute Gasteiger partial charge is 0.388 e. The maximum absolute atomic E-state index is 13.5. The summed E-state index contributed by atoms with van der Waals surface area (Å²) >= 11 is 5.70. The average molecular weight is 287 g/mol. The molecule has 0 amide bonds. The topological polar surface area (TPSA) is 20.2 Å². The second kappa shape index (κ2) is 5.63. The number of rotatable bonds is 3. The normalized spacial score (nSPS) is 12.5. The molecule has 2 rings (SSSR count). The fraction of sp³-hybridized carbons (Fsp3) is 0.143. The van der Waals surface area contributed by atoms with Crippen molar-refractivity contribution in [1.82, 2.24) is 0 Å². The van der Waals surface area contributed by atoms with Crippen LogP contribution >= 0.6 is 11.6 Å². The zero-order valence-electron chi connectivity index (χ0n) is 9.71. The quantitative estimate of drug-likeness (QED) is 0.903. The molecular weight excluding hydrogens is 277 g/mol. The van der Waals surface area contributed by atoms with E-state index in [-0.39, 0.29) is 22.6 Å². The highest BCUT2D eigenvalue weighted by Crippen LogP contribution is 2.26. The van der Waals surface area contributed by atoms with Crippen molar-refractivity contribution >= 4 is 11.6 Å². The van der Waals surface area contributed by atoms with Crippen molar-refractivity contribution in [3.05, 3.63) is 70.0 Å². The van der Waals surface area contributed by atoms with Crippen molar-refractivity contribution in [3.8, 4) is 0 Å². The molecule has 0 saturated heterocycles. The van der Waals surface area contributed by atoms with Crippen LogP contribution in [0.3, 0.4) is 0 Å². The van der Waals surface area contributed by atoms with Gasteiger partial charge in [0, 0.05) is 22.6 Å². The molecule has 5 heteroatoms. The van der Waals surface area contributed by atoms with Crippen LogP contribution in [0.2, 0.25) is 5.02 Å². The SMILES string of the molecule is OC(Cc1c(F)cccc1F)c1cc(Cl)ccc1F. The van der Waals surface area contributed by atoms with Gasteiger partial charge < -0.3 is 5.11 Å². The summed E-state index contributed by atoms with van der Waals surface area (Å²) in [5, 5.41) is 10.1. The van der Waals surface area contributed by atoms with Crippen LogP contribution < -0.4 is 0 Å². The van der Waals surface area contributed by atoms with Gasteiger partial charge in [0.1, 0.15) is 17.5 Å². The molecule has 1 nitrogen and oxygen atoms in total. The molecule has 0 saturated carbocycles. The van der Waals surface area contributed by atoms with Crippen molar-refractivity contribution in [3.63, 3.8) is 0 Å². The first-order chi connectivity index (χ1) is 8.99. The first-order valence-electron chi connectivity index (χ1n) is 5.55. The van der Waals surface area contributed by atoms with Crippen LogP contribution in [-0.4, -0.2) is 5.11 Å². The van der Waals surface area contributed by atoms with E-state index in [1.165, 1.54) is 18.2 Å². The molecule has 0 aliphatic carbocycles. The summed E-state index contributed by atoms with van der Waals surface area (Å²) in [4.78, 5) is 0. The maximum Gasteiger partial charge on any atom is 0.129 e. The molecular formula is C14H10ClF3O. The standard InChI is InChI=1S/C14H10ClF3O/c15-8-4-5-13(18)10(6-8)14(19)7-9-11(16)2-1-3-12(9)17/h1-6,14,19H,7H2. The molecule has 0 aliphatic heterocycles. The monoisotopic (exact) mass is 286 g/mol. The van der Waals surface area contributed by atoms with Gasteiger partial charge in [-0.25, -0.2) is 13.2 Å². The smallest absolute Gasteiger partial charge is 0.129 e. The van der Waals surface area contributed by atoms with Crippen molar-refractivity contribution < 1.29 is 18.3 Å². The number of hydrogen-bond donors (Lipinski definition) is 1. The lowest BCUT2D eigenvalue weighted by Gasteiger charge is -2.13. The van der Waals surface area contributed by atoms with Crippen molar-refractivity contribution in [2.45, 2.75) is 12.5 Å². The molecule has 0 spiro atoms. The van der Waals surface area contributed by atoms with Crippen LogP contribution in [0.25, 0.3) is 0 Å². The number of aliphatic hydroxyl groups is 1. The van der Waals surface area contributed by atoms with Gasteiger partial charge in [-0.15, -0.1) is 0 Å². The molecule has 100 valence electrons. The van der Waals surface area contributed by atoms with Gasteiger partial charge in [-0.05, 0) is 30.3 Å². The minimum atomic E-state index is -1.37. The minimum absolute atomic E-state index is 0.0878. The zero-order chi connectivity index (χ0) is 14.0. The van der Waals surface area contributed by atoms with Crippen molar-refractivity contribution in [1.29, 1.82) is 0 Å². The summed E-state index contributed by atoms with van der Waals surface area (Å²) in [7, 11) is 0. The second-order valence-corrected chi connectivity index (χ2v) is 4.52. The van der Waals surface area contributed by atoms with E-state index in [1.54, 1.807) is 0 Å². The van der Waals surface area contributed by atoms with Gasteiger partial charge in [-0.2, -0.15) is 0 Å². The number of aliphatic hydroxyl groups excluding tert-OH is 1. The van der Waals surface area contributed by atoms with E-state index in [9.17, 15) is 18.3 Å². The van der Waals surface area contributed by atoms with Gasteiger partial charge in [0.2, 0.25) is 0 Å². The zero-order valence-corrected chi connectivity index (χ0v) is 10.5. The lowest BCUT2D eigenvalue weighted by molar-refractivity contribution is 0.171. The third kappa shape index (κ3) is 3.08. The average Bonchev–Trinajstić information content (AvgIpc) is 2.37. The number of benzene rings is 2. The lowest BCUT2D eigenvalue weighted by atomic mass is 10.0. The summed E-state index contributed by atoms with van der Waals surface area (Å²) in [6.07, 6.45) is -1.74. The van der Waals surface area contributed by atoms with E-state index in [0.29, 0.717) is 0 Å². The van der Waals surface area contributed by atoms with Crippen LogP contribution in [0.15, 0.2) is 36.4 Å². The molecule has 0 aliphatic rings. The summed E-state index contributed by atoms with van der Waals surface area (Å²) < 4.78 is 40.4. The number of halogens is 4. The van der Waals surface area contributed by atoms with Gasteiger partial charge in [0.25, 0.3) is 0 Å². The Morgan fingerprint density at radius 2 is 1.63 bits per heavy atom. The highest BCUT2D eigenvalue weighted by molar-refractivity contribution is 6.30. The maximum atomic E-state index is 13.5. The van der Waals surface area contributed by atoms with Crippen LogP contribution in [0.4, 0.5) is 13.2 Å². The van der Waals surface area contributed by atoms with E-state index < -0.39 is 23.6 Å². The Hall–Kier alpha value is -1.52. The van der Waals surface area contributed by atoms with Crippen molar-refractivity contribution in [2.24, 2.45) is 0 Å². The summed E-state index contributed by atoms with van der Waals surface area (Å²) in [5.74, 6) is -2.23. The molecule has 2 aromatic carbocycles. The van der Waals surface area contributed by atoms with E-state index in [4.69, 9.17) is 11.6 Å². The fourth-order valence-electron chi connectivity index (χ4n) is 1.80. The Morgan fingerprint density at radius 3 is 2.26 bits per heavy atom. The Bertz CT molecular complexity index is 581. The van der Waals surface area contributed by atoms with Crippen LogP contribution in [-0.2, 0) is 6.42 Å². The molecule has 1 atom stereocenters. The predicted molar refractivity (Wildman–Crippen MR) is 66.4 cm³/mol. The third-order valence-electron chi connectivity index (χ3n) is 2.78. The molecule has 2 aromatic rings. The first-order valence-corrected chi connectivity index (χ1v) is 5.92. The highest BCUT2D eigenvalue weighted by Gasteiger charge is 2.18.